The van der Waals surface area contributed by atoms with Gasteiger partial charge in [0.25, 0.3) is 0 Å². The molecule has 4 heteroatoms. The zero-order chi connectivity index (χ0) is 38.6. The maximum atomic E-state index is 9.54. The molecule has 2 heterocycles. The maximum absolute atomic E-state index is 9.54. The van der Waals surface area contributed by atoms with Gasteiger partial charge in [-0.05, 0) is 75.3 Å². The number of benzene rings is 8. The monoisotopic (exact) mass is 739 g/mol. The predicted octanol–water partition coefficient (Wildman–Crippen LogP) is 13.2. The largest absolute Gasteiger partial charge is 0.457 e. The van der Waals surface area contributed by atoms with Crippen LogP contribution in [0.15, 0.2) is 200 Å². The van der Waals surface area contributed by atoms with Crippen LogP contribution >= 0.6 is 0 Å². The lowest BCUT2D eigenvalue weighted by Crippen LogP contribution is -2.32. The third-order valence-corrected chi connectivity index (χ3v) is 11.6. The summed E-state index contributed by atoms with van der Waals surface area (Å²) in [6.07, 6.45) is 0. The summed E-state index contributed by atoms with van der Waals surface area (Å²) in [5.74, 6) is 2.33. The van der Waals surface area contributed by atoms with Crippen LogP contribution in [0.1, 0.15) is 27.8 Å². The first-order valence-electron chi connectivity index (χ1n) is 19.5. The highest BCUT2D eigenvalue weighted by Crippen LogP contribution is 2.63. The van der Waals surface area contributed by atoms with Crippen LogP contribution in [-0.4, -0.2) is 9.97 Å². The Balaban J connectivity index is 1.23. The second-order valence-electron chi connectivity index (χ2n) is 14.8. The molecule has 1 spiro atoms. The Morgan fingerprint density at radius 2 is 0.862 bits per heavy atom. The van der Waals surface area contributed by atoms with E-state index in [1.165, 1.54) is 22.3 Å². The van der Waals surface area contributed by atoms with E-state index in [2.05, 4.69) is 140 Å². The summed E-state index contributed by atoms with van der Waals surface area (Å²) in [5.41, 5.74) is 15.7. The van der Waals surface area contributed by atoms with Crippen LogP contribution in [0.3, 0.4) is 0 Å². The molecule has 1 aromatic heterocycles. The maximum Gasteiger partial charge on any atom is 0.160 e. The highest BCUT2D eigenvalue weighted by atomic mass is 16.5. The Bertz CT molecular complexity index is 3030. The predicted molar refractivity (Wildman–Crippen MR) is 231 cm³/mol. The third kappa shape index (κ3) is 5.15. The van der Waals surface area contributed by atoms with Crippen LogP contribution in [0.25, 0.3) is 67.3 Å². The molecule has 8 aromatic carbocycles. The summed E-state index contributed by atoms with van der Waals surface area (Å²) < 4.78 is 6.70. The molecule has 0 unspecified atom stereocenters. The van der Waals surface area contributed by atoms with Crippen molar-refractivity contribution in [3.63, 3.8) is 0 Å². The molecule has 2 aliphatic rings. The normalized spacial score (nSPS) is 12.7. The van der Waals surface area contributed by atoms with Crippen molar-refractivity contribution in [3.05, 3.63) is 228 Å². The molecule has 1 aliphatic carbocycles. The summed E-state index contributed by atoms with van der Waals surface area (Å²) in [6, 6.07) is 71.9. The van der Waals surface area contributed by atoms with Gasteiger partial charge in [-0.25, -0.2) is 9.97 Å². The minimum atomic E-state index is -0.709. The van der Waals surface area contributed by atoms with E-state index in [-0.39, 0.29) is 0 Å². The smallest absolute Gasteiger partial charge is 0.160 e. The van der Waals surface area contributed by atoms with Gasteiger partial charge < -0.3 is 4.74 Å². The van der Waals surface area contributed by atoms with Crippen molar-refractivity contribution in [2.24, 2.45) is 0 Å². The first-order valence-corrected chi connectivity index (χ1v) is 19.5. The quantitative estimate of drug-likeness (QED) is 0.176. The highest BCUT2D eigenvalue weighted by molar-refractivity contribution is 5.96. The molecular formula is C54H33N3O. The molecule has 58 heavy (non-hydrogen) atoms. The first-order chi connectivity index (χ1) is 28.7. The summed E-state index contributed by atoms with van der Waals surface area (Å²) >= 11 is 0. The Kier molecular flexibility index (Phi) is 7.74. The zero-order valence-corrected chi connectivity index (χ0v) is 31.3. The lowest BCUT2D eigenvalue weighted by molar-refractivity contribution is 0.436. The van der Waals surface area contributed by atoms with Crippen LogP contribution in [0.4, 0.5) is 0 Å². The zero-order valence-electron chi connectivity index (χ0n) is 31.3. The molecule has 0 atom stereocenters. The average Bonchev–Trinajstić information content (AvgIpc) is 3.58. The van der Waals surface area contributed by atoms with Gasteiger partial charge in [-0.1, -0.05) is 164 Å². The van der Waals surface area contributed by atoms with Crippen molar-refractivity contribution >= 4 is 0 Å². The Hall–Kier alpha value is -7.87. The second kappa shape index (κ2) is 13.4. The van der Waals surface area contributed by atoms with Gasteiger partial charge in [-0.3, -0.25) is 0 Å². The molecule has 0 bridgehead atoms. The van der Waals surface area contributed by atoms with Gasteiger partial charge in [0, 0.05) is 33.4 Å². The lowest BCUT2D eigenvalue weighted by atomic mass is 9.65. The Morgan fingerprint density at radius 1 is 0.397 bits per heavy atom. The van der Waals surface area contributed by atoms with Crippen LogP contribution in [0.5, 0.6) is 11.5 Å². The van der Waals surface area contributed by atoms with Crippen molar-refractivity contribution in [1.82, 2.24) is 9.97 Å². The number of rotatable bonds is 5. The number of para-hydroxylation sites is 2. The average molecular weight is 740 g/mol. The van der Waals surface area contributed by atoms with Gasteiger partial charge in [0.1, 0.15) is 11.5 Å². The van der Waals surface area contributed by atoms with Gasteiger partial charge in [0.15, 0.2) is 5.82 Å². The number of aromatic nitrogens is 2. The van der Waals surface area contributed by atoms with Crippen molar-refractivity contribution in [2.45, 2.75) is 5.41 Å². The van der Waals surface area contributed by atoms with E-state index in [0.717, 1.165) is 73.0 Å². The number of nitriles is 1. The summed E-state index contributed by atoms with van der Waals surface area (Å²) in [4.78, 5) is 10.8. The van der Waals surface area contributed by atoms with Gasteiger partial charge >= 0.3 is 0 Å². The second-order valence-corrected chi connectivity index (χ2v) is 14.8. The van der Waals surface area contributed by atoms with E-state index < -0.39 is 5.41 Å². The lowest BCUT2D eigenvalue weighted by Gasteiger charge is -2.39. The summed E-state index contributed by atoms with van der Waals surface area (Å²) in [5, 5.41) is 9.54. The van der Waals surface area contributed by atoms with Crippen LogP contribution < -0.4 is 4.74 Å². The fourth-order valence-electron chi connectivity index (χ4n) is 9.03. The number of hydrogen-bond acceptors (Lipinski definition) is 4. The van der Waals surface area contributed by atoms with E-state index in [9.17, 15) is 5.26 Å². The highest BCUT2D eigenvalue weighted by Gasteiger charge is 2.51. The fourth-order valence-corrected chi connectivity index (χ4v) is 9.03. The minimum Gasteiger partial charge on any atom is -0.457 e. The van der Waals surface area contributed by atoms with E-state index in [1.54, 1.807) is 0 Å². The molecule has 0 N–H and O–H groups in total. The van der Waals surface area contributed by atoms with Crippen LogP contribution in [-0.2, 0) is 5.41 Å². The number of ether oxygens (including phenoxy) is 1. The molecule has 9 aromatic rings. The SMILES string of the molecule is N#Cc1ccc(-c2ccc3c(c2)C2(c4ccccc4Oc4ccccc42)c2cc(-c4nc(-c5ccccc5)nc(-c5ccccc5)c4-c4ccccc4)ccc2-3)cc1. The first kappa shape index (κ1) is 33.5. The summed E-state index contributed by atoms with van der Waals surface area (Å²) in [6.45, 7) is 0. The Morgan fingerprint density at radius 3 is 1.45 bits per heavy atom. The van der Waals surface area contributed by atoms with Gasteiger partial charge in [0.05, 0.1) is 28.4 Å². The summed E-state index contributed by atoms with van der Waals surface area (Å²) in [7, 11) is 0. The molecular weight excluding hydrogens is 707 g/mol. The number of fused-ring (bicyclic) bond motifs is 9. The topological polar surface area (TPSA) is 58.8 Å². The number of nitrogens with zero attached hydrogens (tertiary/aromatic N) is 3. The van der Waals surface area contributed by atoms with Crippen LogP contribution in [0, 0.1) is 11.3 Å². The standard InChI is InChI=1S/C54H33N3O/c55-34-35-24-26-36(27-25-35)40-28-30-42-43-31-29-41(33-47(43)54(46(42)32-40)44-20-10-12-22-48(44)58-49-23-13-11-21-45(49)54)52-50(37-14-4-1-5-15-37)51(38-16-6-2-7-17-38)56-53(57-52)39-18-8-3-9-19-39/h1-33H. The van der Waals surface area contributed by atoms with Gasteiger partial charge in [-0.15, -0.1) is 0 Å². The Labute approximate surface area is 337 Å². The van der Waals surface area contributed by atoms with Gasteiger partial charge in [0.2, 0.25) is 0 Å². The molecule has 0 amide bonds. The van der Waals surface area contributed by atoms with Gasteiger partial charge in [-0.2, -0.15) is 5.26 Å². The van der Waals surface area contributed by atoms with E-state index in [4.69, 9.17) is 14.7 Å². The number of hydrogen-bond donors (Lipinski definition) is 0. The minimum absolute atomic E-state index is 0.638. The van der Waals surface area contributed by atoms with Crippen LogP contribution in [0.2, 0.25) is 0 Å². The van der Waals surface area contributed by atoms with Crippen molar-refractivity contribution < 1.29 is 4.74 Å². The molecule has 0 saturated carbocycles. The van der Waals surface area contributed by atoms with Crippen molar-refractivity contribution in [3.8, 4) is 84.9 Å². The molecule has 270 valence electrons. The molecule has 1 aliphatic heterocycles. The molecule has 4 nitrogen and oxygen atoms in total. The van der Waals surface area contributed by atoms with E-state index >= 15 is 0 Å². The third-order valence-electron chi connectivity index (χ3n) is 11.6. The van der Waals surface area contributed by atoms with E-state index in [1.807, 2.05) is 66.7 Å². The molecule has 11 rings (SSSR count). The molecule has 0 fully saturated rings. The fraction of sp³-hybridized carbons (Fsp3) is 0.0185. The van der Waals surface area contributed by atoms with E-state index in [0.29, 0.717) is 11.4 Å². The van der Waals surface area contributed by atoms with Crippen molar-refractivity contribution in [2.75, 3.05) is 0 Å². The van der Waals surface area contributed by atoms with Crippen molar-refractivity contribution in [1.29, 1.82) is 5.26 Å². The molecule has 0 radical (unpaired) electrons. The molecule has 0 saturated heterocycles.